The number of nitrogens with one attached hydrogen (secondary N) is 1. The summed E-state index contributed by atoms with van der Waals surface area (Å²) in [5, 5.41) is 2.96. The van der Waals surface area contributed by atoms with Crippen molar-refractivity contribution in [2.45, 2.75) is 43.7 Å². The van der Waals surface area contributed by atoms with E-state index in [-0.39, 0.29) is 17.7 Å². The van der Waals surface area contributed by atoms with Gasteiger partial charge in [-0.3, -0.25) is 4.79 Å². The van der Waals surface area contributed by atoms with Crippen molar-refractivity contribution in [1.29, 1.82) is 0 Å². The molecule has 128 valence electrons. The van der Waals surface area contributed by atoms with Crippen LogP contribution in [0.3, 0.4) is 0 Å². The number of amides is 1. The molecule has 1 heterocycles. The number of benzene rings is 1. The van der Waals surface area contributed by atoms with Crippen LogP contribution in [0.25, 0.3) is 0 Å². The van der Waals surface area contributed by atoms with Crippen molar-refractivity contribution < 1.29 is 13.2 Å². The Kier molecular flexibility index (Phi) is 5.64. The molecule has 2 rings (SSSR count). The van der Waals surface area contributed by atoms with E-state index < -0.39 is 15.9 Å². The molecule has 0 bridgehead atoms. The Labute approximate surface area is 138 Å². The van der Waals surface area contributed by atoms with Crippen molar-refractivity contribution in [1.82, 2.24) is 5.32 Å². The van der Waals surface area contributed by atoms with Crippen LogP contribution in [0.4, 0.5) is 5.69 Å². The Morgan fingerprint density at radius 2 is 1.87 bits per heavy atom. The number of carbonyl (C=O) groups is 1. The molecule has 1 fully saturated rings. The minimum Gasteiger partial charge on any atom is -0.371 e. The fourth-order valence-corrected chi connectivity index (χ4v) is 3.53. The Morgan fingerprint density at radius 1 is 1.30 bits per heavy atom. The summed E-state index contributed by atoms with van der Waals surface area (Å²) in [6.45, 7) is 4.97. The molecule has 1 saturated heterocycles. The Balaban J connectivity index is 1.94. The summed E-state index contributed by atoms with van der Waals surface area (Å²) < 4.78 is 23.7. The minimum atomic E-state index is -3.15. The largest absolute Gasteiger partial charge is 0.371 e. The van der Waals surface area contributed by atoms with Gasteiger partial charge in [0.15, 0.2) is 9.84 Å². The van der Waals surface area contributed by atoms with Crippen LogP contribution >= 0.6 is 0 Å². The summed E-state index contributed by atoms with van der Waals surface area (Å²) in [7, 11) is -3.15. The van der Waals surface area contributed by atoms with Gasteiger partial charge in [-0.15, -0.1) is 0 Å². The van der Waals surface area contributed by atoms with Crippen molar-refractivity contribution in [3.63, 3.8) is 0 Å². The van der Waals surface area contributed by atoms with E-state index in [1.807, 2.05) is 12.1 Å². The predicted octanol–water partition coefficient (Wildman–Crippen LogP) is 0.912. The Bertz CT molecular complexity index is 633. The summed E-state index contributed by atoms with van der Waals surface area (Å²) in [6, 6.07) is 6.70. The fraction of sp³-hybridized carbons (Fsp3) is 0.562. The summed E-state index contributed by atoms with van der Waals surface area (Å²) in [6.07, 6.45) is 1.71. The molecule has 0 unspecified atom stereocenters. The first-order chi connectivity index (χ1) is 10.8. The number of nitrogens with two attached hydrogens (primary N) is 1. The molecule has 1 aliphatic heterocycles. The highest BCUT2D eigenvalue weighted by molar-refractivity contribution is 7.91. The molecule has 23 heavy (non-hydrogen) atoms. The molecule has 1 aliphatic rings. The van der Waals surface area contributed by atoms with Gasteiger partial charge < -0.3 is 16.0 Å². The van der Waals surface area contributed by atoms with E-state index >= 15 is 0 Å². The molecule has 0 aromatic heterocycles. The molecule has 0 aliphatic carbocycles. The molecular weight excluding hydrogens is 314 g/mol. The predicted molar refractivity (Wildman–Crippen MR) is 91.2 cm³/mol. The van der Waals surface area contributed by atoms with Crippen molar-refractivity contribution in [2.75, 3.05) is 23.7 Å². The van der Waals surface area contributed by atoms with Crippen LogP contribution in [0, 0.1) is 0 Å². The number of hydrogen-bond acceptors (Lipinski definition) is 5. The average Bonchev–Trinajstić information content (AvgIpc) is 2.55. The zero-order valence-corrected chi connectivity index (χ0v) is 14.5. The highest BCUT2D eigenvalue weighted by atomic mass is 32.2. The zero-order valence-electron chi connectivity index (χ0n) is 13.7. The van der Waals surface area contributed by atoms with Gasteiger partial charge in [-0.25, -0.2) is 8.42 Å². The van der Waals surface area contributed by atoms with Crippen LogP contribution in [-0.4, -0.2) is 45.3 Å². The summed E-state index contributed by atoms with van der Waals surface area (Å²) in [4.78, 5) is 14.2. The second-order valence-corrected chi connectivity index (χ2v) is 8.23. The number of anilines is 1. The van der Waals surface area contributed by atoms with Gasteiger partial charge in [-0.2, -0.15) is 0 Å². The molecule has 0 radical (unpaired) electrons. The second-order valence-electron chi connectivity index (χ2n) is 5.96. The van der Waals surface area contributed by atoms with Crippen LogP contribution in [0.5, 0.6) is 0 Å². The van der Waals surface area contributed by atoms with E-state index in [2.05, 4.69) is 10.2 Å². The number of nitrogens with zero attached hydrogens (tertiary/aromatic N) is 1. The first-order valence-corrected chi connectivity index (χ1v) is 9.62. The van der Waals surface area contributed by atoms with Crippen LogP contribution in [-0.2, 0) is 14.6 Å². The molecule has 0 spiro atoms. The zero-order chi connectivity index (χ0) is 17.0. The van der Waals surface area contributed by atoms with Gasteiger partial charge in [0.1, 0.15) is 0 Å². The van der Waals surface area contributed by atoms with Crippen molar-refractivity contribution in [3.8, 4) is 0 Å². The maximum absolute atomic E-state index is 11.8. The molecule has 0 saturated carbocycles. The highest BCUT2D eigenvalue weighted by Crippen LogP contribution is 2.22. The number of hydrogen-bond donors (Lipinski definition) is 2. The third-order valence-electron chi connectivity index (χ3n) is 4.20. The lowest BCUT2D eigenvalue weighted by Gasteiger charge is -2.34. The summed E-state index contributed by atoms with van der Waals surface area (Å²) >= 11 is 0. The van der Waals surface area contributed by atoms with Gasteiger partial charge in [0.25, 0.3) is 0 Å². The lowest BCUT2D eigenvalue weighted by molar-refractivity contribution is -0.122. The Morgan fingerprint density at radius 3 is 2.35 bits per heavy atom. The van der Waals surface area contributed by atoms with Gasteiger partial charge in [-0.05, 0) is 44.0 Å². The number of carbonyl (C=O) groups excluding carboxylic acids is 1. The molecule has 7 heteroatoms. The average molecular weight is 339 g/mol. The van der Waals surface area contributed by atoms with Gasteiger partial charge >= 0.3 is 0 Å². The molecule has 6 nitrogen and oxygen atoms in total. The van der Waals surface area contributed by atoms with Crippen LogP contribution < -0.4 is 16.0 Å². The number of piperidine rings is 1. The molecular formula is C16H25N3O3S. The molecule has 1 amide bonds. The topological polar surface area (TPSA) is 92.5 Å². The van der Waals surface area contributed by atoms with E-state index in [1.165, 1.54) is 0 Å². The Hall–Kier alpha value is -1.60. The van der Waals surface area contributed by atoms with Gasteiger partial charge in [0.05, 0.1) is 16.7 Å². The van der Waals surface area contributed by atoms with Crippen LogP contribution in [0.15, 0.2) is 29.2 Å². The van der Waals surface area contributed by atoms with E-state index in [4.69, 9.17) is 5.73 Å². The van der Waals surface area contributed by atoms with Crippen molar-refractivity contribution in [2.24, 2.45) is 5.73 Å². The molecule has 1 aromatic carbocycles. The number of sulfone groups is 1. The lowest BCUT2D eigenvalue weighted by atomic mass is 10.0. The number of rotatable bonds is 5. The standard InChI is InChI=1S/C16H25N3O3S/c1-3-23(21,22)15-6-4-14(5-7-15)19-10-8-13(9-11-19)18-16(20)12(2)17/h4-7,12-13H,3,8-11,17H2,1-2H3,(H,18,20)/t12-/m1/s1. The minimum absolute atomic E-state index is 0.108. The van der Waals surface area contributed by atoms with E-state index in [1.54, 1.807) is 26.0 Å². The third-order valence-corrected chi connectivity index (χ3v) is 5.95. The lowest BCUT2D eigenvalue weighted by Crippen LogP contribution is -2.48. The quantitative estimate of drug-likeness (QED) is 0.832. The fourth-order valence-electron chi connectivity index (χ4n) is 2.65. The maximum Gasteiger partial charge on any atom is 0.236 e. The summed E-state index contributed by atoms with van der Waals surface area (Å²) in [5.41, 5.74) is 6.57. The van der Waals surface area contributed by atoms with E-state index in [0.717, 1.165) is 31.6 Å². The van der Waals surface area contributed by atoms with Crippen molar-refractivity contribution >= 4 is 21.4 Å². The molecule has 3 N–H and O–H groups in total. The normalized spacial score (nSPS) is 17.8. The van der Waals surface area contributed by atoms with Crippen molar-refractivity contribution in [3.05, 3.63) is 24.3 Å². The van der Waals surface area contributed by atoms with E-state index in [0.29, 0.717) is 4.90 Å². The van der Waals surface area contributed by atoms with Gasteiger partial charge in [0, 0.05) is 24.8 Å². The first kappa shape index (κ1) is 17.7. The maximum atomic E-state index is 11.8. The summed E-state index contributed by atoms with van der Waals surface area (Å²) in [5.74, 6) is -0.00522. The first-order valence-electron chi connectivity index (χ1n) is 7.97. The monoisotopic (exact) mass is 339 g/mol. The third kappa shape index (κ3) is 4.45. The smallest absolute Gasteiger partial charge is 0.236 e. The molecule has 1 aromatic rings. The molecule has 1 atom stereocenters. The van der Waals surface area contributed by atoms with Gasteiger partial charge in [-0.1, -0.05) is 6.92 Å². The second kappa shape index (κ2) is 7.31. The van der Waals surface area contributed by atoms with Crippen LogP contribution in [0.1, 0.15) is 26.7 Å². The highest BCUT2D eigenvalue weighted by Gasteiger charge is 2.22. The van der Waals surface area contributed by atoms with E-state index in [9.17, 15) is 13.2 Å². The van der Waals surface area contributed by atoms with Crippen LogP contribution in [0.2, 0.25) is 0 Å². The van der Waals surface area contributed by atoms with Gasteiger partial charge in [0.2, 0.25) is 5.91 Å². The SMILES string of the molecule is CCS(=O)(=O)c1ccc(N2CCC(NC(=O)[C@@H](C)N)CC2)cc1.